The summed E-state index contributed by atoms with van der Waals surface area (Å²) in [6, 6.07) is 13.8. The molecule has 1 aromatic heterocycles. The highest BCUT2D eigenvalue weighted by molar-refractivity contribution is 5.84. The van der Waals surface area contributed by atoms with Gasteiger partial charge in [-0.05, 0) is 50.1 Å². The third-order valence-corrected chi connectivity index (χ3v) is 4.85. The monoisotopic (exact) mass is 448 g/mol. The van der Waals surface area contributed by atoms with Gasteiger partial charge >= 0.3 is 6.09 Å². The summed E-state index contributed by atoms with van der Waals surface area (Å²) in [5, 5.41) is 35.3. The molecule has 0 spiro atoms. The van der Waals surface area contributed by atoms with Crippen LogP contribution in [0.1, 0.15) is 31.9 Å². The zero-order chi connectivity index (χ0) is 24.2. The highest BCUT2D eigenvalue weighted by atomic mass is 16.6. The average molecular weight is 448 g/mol. The molecular weight excluding hydrogens is 424 g/mol. The summed E-state index contributed by atoms with van der Waals surface area (Å²) in [6.07, 6.45) is 1.20. The SMILES string of the molecule is CC(C)(C)OC(=O)N[C@@H](Cc1c[nH]c2ccccc12)/C(O)=C(\C#N)c1ccc([N+](=O)[O-])cc1. The molecule has 3 aromatic rings. The van der Waals surface area contributed by atoms with Gasteiger partial charge in [0.25, 0.3) is 5.69 Å². The van der Waals surface area contributed by atoms with Gasteiger partial charge in [0.15, 0.2) is 0 Å². The van der Waals surface area contributed by atoms with Gasteiger partial charge in [-0.25, -0.2) is 4.79 Å². The number of nitro benzene ring substituents is 1. The topological polar surface area (TPSA) is 141 Å². The Bertz CT molecular complexity index is 1250. The molecule has 0 unspecified atom stereocenters. The summed E-state index contributed by atoms with van der Waals surface area (Å²) in [5.41, 5.74) is 0.992. The van der Waals surface area contributed by atoms with Crippen LogP contribution in [0.25, 0.3) is 16.5 Å². The molecule has 1 amide bonds. The Morgan fingerprint density at radius 3 is 2.52 bits per heavy atom. The van der Waals surface area contributed by atoms with Gasteiger partial charge in [0, 0.05) is 35.7 Å². The normalized spacial score (nSPS) is 13.0. The van der Waals surface area contributed by atoms with Crippen LogP contribution in [0.15, 0.2) is 60.5 Å². The number of fused-ring (bicyclic) bond motifs is 1. The maximum atomic E-state index is 12.5. The quantitative estimate of drug-likeness (QED) is 0.210. The Morgan fingerprint density at radius 2 is 1.91 bits per heavy atom. The molecule has 0 saturated carbocycles. The van der Waals surface area contributed by atoms with Crippen molar-refractivity contribution < 1.29 is 19.6 Å². The lowest BCUT2D eigenvalue weighted by Gasteiger charge is -2.24. The largest absolute Gasteiger partial charge is 0.509 e. The van der Waals surface area contributed by atoms with E-state index in [-0.39, 0.29) is 29.0 Å². The van der Waals surface area contributed by atoms with E-state index in [4.69, 9.17) is 4.74 Å². The standard InChI is InChI=1S/C24H24N4O5/c1-24(2,3)33-23(30)27-21(12-16-14-26-20-7-5-4-6-18(16)20)22(29)19(13-25)15-8-10-17(11-9-15)28(31)32/h4-11,14,21,26,29H,12H2,1-3H3,(H,27,30)/b22-19-/t21-/m0/s1. The van der Waals surface area contributed by atoms with Crippen LogP contribution in [-0.2, 0) is 11.2 Å². The number of nitriles is 1. The first-order valence-electron chi connectivity index (χ1n) is 10.2. The van der Waals surface area contributed by atoms with Crippen molar-refractivity contribution in [2.24, 2.45) is 0 Å². The molecule has 33 heavy (non-hydrogen) atoms. The van der Waals surface area contributed by atoms with Crippen LogP contribution in [-0.4, -0.2) is 32.7 Å². The minimum Gasteiger partial charge on any atom is -0.509 e. The first-order chi connectivity index (χ1) is 15.6. The van der Waals surface area contributed by atoms with Gasteiger partial charge in [-0.15, -0.1) is 0 Å². The van der Waals surface area contributed by atoms with Gasteiger partial charge in [-0.1, -0.05) is 18.2 Å². The highest BCUT2D eigenvalue weighted by Crippen LogP contribution is 2.26. The van der Waals surface area contributed by atoms with E-state index in [1.165, 1.54) is 24.3 Å². The zero-order valence-electron chi connectivity index (χ0n) is 18.5. The lowest BCUT2D eigenvalue weighted by Crippen LogP contribution is -2.41. The number of carbonyl (C=O) groups is 1. The molecule has 9 nitrogen and oxygen atoms in total. The molecule has 0 radical (unpaired) electrons. The van der Waals surface area contributed by atoms with Crippen LogP contribution < -0.4 is 5.32 Å². The van der Waals surface area contributed by atoms with Crippen molar-refractivity contribution >= 4 is 28.3 Å². The molecule has 0 aliphatic rings. The van der Waals surface area contributed by atoms with Crippen molar-refractivity contribution in [1.82, 2.24) is 10.3 Å². The van der Waals surface area contributed by atoms with E-state index >= 15 is 0 Å². The molecule has 2 aromatic carbocycles. The smallest absolute Gasteiger partial charge is 0.408 e. The third-order valence-electron chi connectivity index (χ3n) is 4.85. The second-order valence-corrected chi connectivity index (χ2v) is 8.44. The number of allylic oxidation sites excluding steroid dienone is 1. The second-order valence-electron chi connectivity index (χ2n) is 8.44. The predicted octanol–water partition coefficient (Wildman–Crippen LogP) is 5.00. The number of para-hydroxylation sites is 1. The molecule has 9 heteroatoms. The van der Waals surface area contributed by atoms with E-state index in [9.17, 15) is 25.3 Å². The maximum Gasteiger partial charge on any atom is 0.408 e. The van der Waals surface area contributed by atoms with E-state index in [2.05, 4.69) is 10.3 Å². The van der Waals surface area contributed by atoms with Gasteiger partial charge in [0.05, 0.1) is 16.5 Å². The number of alkyl carbamates (subject to hydrolysis) is 1. The third kappa shape index (κ3) is 5.68. The minimum atomic E-state index is -0.983. The molecule has 0 bridgehead atoms. The van der Waals surface area contributed by atoms with Crippen LogP contribution in [0, 0.1) is 21.4 Å². The van der Waals surface area contributed by atoms with E-state index in [0.717, 1.165) is 16.5 Å². The molecule has 1 heterocycles. The van der Waals surface area contributed by atoms with E-state index in [1.54, 1.807) is 27.0 Å². The minimum absolute atomic E-state index is 0.106. The fourth-order valence-electron chi connectivity index (χ4n) is 3.38. The zero-order valence-corrected chi connectivity index (χ0v) is 18.5. The number of benzene rings is 2. The number of ether oxygens (including phenoxy) is 1. The number of rotatable bonds is 6. The van der Waals surface area contributed by atoms with Gasteiger partial charge in [0.1, 0.15) is 17.4 Å². The van der Waals surface area contributed by atoms with Crippen molar-refractivity contribution in [3.63, 3.8) is 0 Å². The van der Waals surface area contributed by atoms with E-state index < -0.39 is 22.7 Å². The first-order valence-corrected chi connectivity index (χ1v) is 10.2. The molecule has 1 atom stereocenters. The summed E-state index contributed by atoms with van der Waals surface area (Å²) >= 11 is 0. The maximum absolute atomic E-state index is 12.5. The predicted molar refractivity (Wildman–Crippen MR) is 123 cm³/mol. The molecule has 0 aliphatic carbocycles. The van der Waals surface area contributed by atoms with Crippen LogP contribution in [0.2, 0.25) is 0 Å². The molecule has 0 aliphatic heterocycles. The summed E-state index contributed by atoms with van der Waals surface area (Å²) in [4.78, 5) is 26.0. The van der Waals surface area contributed by atoms with Crippen molar-refractivity contribution in [3.8, 4) is 6.07 Å². The summed E-state index contributed by atoms with van der Waals surface area (Å²) < 4.78 is 5.34. The van der Waals surface area contributed by atoms with Crippen molar-refractivity contribution in [1.29, 1.82) is 5.26 Å². The number of aliphatic hydroxyl groups is 1. The number of H-pyrrole nitrogens is 1. The molecule has 3 rings (SSSR count). The molecule has 3 N–H and O–H groups in total. The number of nitrogens with zero attached hydrogens (tertiary/aromatic N) is 2. The number of non-ortho nitro benzene ring substituents is 1. The fourth-order valence-corrected chi connectivity index (χ4v) is 3.38. The van der Waals surface area contributed by atoms with Crippen molar-refractivity contribution in [3.05, 3.63) is 81.7 Å². The lowest BCUT2D eigenvalue weighted by molar-refractivity contribution is -0.384. The van der Waals surface area contributed by atoms with Gasteiger partial charge in [-0.3, -0.25) is 10.1 Å². The number of carbonyl (C=O) groups excluding carboxylic acids is 1. The molecule has 0 fully saturated rings. The van der Waals surface area contributed by atoms with Gasteiger partial charge in [0.2, 0.25) is 0 Å². The summed E-state index contributed by atoms with van der Waals surface area (Å²) in [7, 11) is 0. The van der Waals surface area contributed by atoms with Crippen molar-refractivity contribution in [2.45, 2.75) is 38.8 Å². The van der Waals surface area contributed by atoms with E-state index in [0.29, 0.717) is 0 Å². The number of hydrogen-bond donors (Lipinski definition) is 3. The molecule has 170 valence electrons. The number of nitro groups is 1. The Hall–Kier alpha value is -4.32. The van der Waals surface area contributed by atoms with Crippen LogP contribution in [0.3, 0.4) is 0 Å². The molecule has 0 saturated heterocycles. The van der Waals surface area contributed by atoms with Crippen molar-refractivity contribution in [2.75, 3.05) is 0 Å². The van der Waals surface area contributed by atoms with Crippen LogP contribution >= 0.6 is 0 Å². The average Bonchev–Trinajstić information content (AvgIpc) is 3.15. The Kier molecular flexibility index (Phi) is 6.68. The first kappa shape index (κ1) is 23.3. The highest BCUT2D eigenvalue weighted by Gasteiger charge is 2.26. The number of aliphatic hydroxyl groups excluding tert-OH is 1. The van der Waals surface area contributed by atoms with Gasteiger partial charge in [-0.2, -0.15) is 5.26 Å². The van der Waals surface area contributed by atoms with Gasteiger partial charge < -0.3 is 20.1 Å². The fraction of sp³-hybridized carbons (Fsp3) is 0.250. The van der Waals surface area contributed by atoms with Crippen LogP contribution in [0.4, 0.5) is 10.5 Å². The summed E-state index contributed by atoms with van der Waals surface area (Å²) in [5.74, 6) is -0.373. The Labute approximate surface area is 190 Å². The second kappa shape index (κ2) is 9.44. The van der Waals surface area contributed by atoms with E-state index in [1.807, 2.05) is 30.3 Å². The Balaban J connectivity index is 2.01. The number of nitrogens with one attached hydrogen (secondary N) is 2. The molecular formula is C24H24N4O5. The van der Waals surface area contributed by atoms with Crippen LogP contribution in [0.5, 0.6) is 0 Å². The lowest BCUT2D eigenvalue weighted by atomic mass is 9.97. The number of hydrogen-bond acceptors (Lipinski definition) is 6. The summed E-state index contributed by atoms with van der Waals surface area (Å²) in [6.45, 7) is 5.15. The number of aromatic amines is 1. The number of amides is 1. The Morgan fingerprint density at radius 1 is 1.24 bits per heavy atom. The number of aromatic nitrogens is 1.